The Morgan fingerprint density at radius 1 is 1.29 bits per heavy atom. The minimum Gasteiger partial charge on any atom is -0.489 e. The summed E-state index contributed by atoms with van der Waals surface area (Å²) in [5.41, 5.74) is 0. The Morgan fingerprint density at radius 2 is 2.06 bits per heavy atom. The second-order valence-corrected chi connectivity index (χ2v) is 4.68. The number of aromatic nitrogens is 2. The zero-order chi connectivity index (χ0) is 12.1. The fourth-order valence-electron chi connectivity index (χ4n) is 2.16. The van der Waals surface area contributed by atoms with E-state index in [1.54, 1.807) is 0 Å². The first-order valence-corrected chi connectivity index (χ1v) is 6.36. The van der Waals surface area contributed by atoms with E-state index in [1.807, 2.05) is 0 Å². The van der Waals surface area contributed by atoms with Gasteiger partial charge in [-0.2, -0.15) is 4.98 Å². The van der Waals surface area contributed by atoms with Gasteiger partial charge in [0.15, 0.2) is 5.15 Å². The lowest BCUT2D eigenvalue weighted by molar-refractivity contribution is 0.195. The van der Waals surface area contributed by atoms with E-state index in [4.69, 9.17) is 21.1 Å². The monoisotopic (exact) mass is 256 g/mol. The maximum atomic E-state index is 5.89. The Balaban J connectivity index is 1.95. The lowest BCUT2D eigenvalue weighted by atomic mass is 9.90. The number of hydrogen-bond acceptors (Lipinski definition) is 4. The molecule has 1 aliphatic carbocycles. The molecule has 0 amide bonds. The molecule has 0 spiro atoms. The molecule has 0 unspecified atom stereocenters. The van der Waals surface area contributed by atoms with Crippen LogP contribution < -0.4 is 9.47 Å². The SMILES string of the molecule is COc1c(Cl)ncnc1OCC1CCCCC1. The summed E-state index contributed by atoms with van der Waals surface area (Å²) < 4.78 is 10.8. The third-order valence-corrected chi connectivity index (χ3v) is 3.38. The van der Waals surface area contributed by atoms with Crippen LogP contribution in [0.4, 0.5) is 0 Å². The van der Waals surface area contributed by atoms with Gasteiger partial charge in [0, 0.05) is 0 Å². The molecule has 0 N–H and O–H groups in total. The third-order valence-electron chi connectivity index (χ3n) is 3.11. The van der Waals surface area contributed by atoms with Crippen molar-refractivity contribution in [1.29, 1.82) is 0 Å². The van der Waals surface area contributed by atoms with Crippen LogP contribution in [0.3, 0.4) is 0 Å². The predicted octanol–water partition coefficient (Wildman–Crippen LogP) is 3.10. The summed E-state index contributed by atoms with van der Waals surface area (Å²) in [6.07, 6.45) is 7.81. The average Bonchev–Trinajstić information content (AvgIpc) is 2.37. The molecular formula is C12H17ClN2O2. The van der Waals surface area contributed by atoms with Gasteiger partial charge >= 0.3 is 0 Å². The van der Waals surface area contributed by atoms with Crippen molar-refractivity contribution in [1.82, 2.24) is 9.97 Å². The van der Waals surface area contributed by atoms with Crippen molar-refractivity contribution in [3.63, 3.8) is 0 Å². The minimum absolute atomic E-state index is 0.293. The number of halogens is 1. The van der Waals surface area contributed by atoms with Crippen LogP contribution in [0.15, 0.2) is 6.33 Å². The van der Waals surface area contributed by atoms with Crippen LogP contribution in [0.25, 0.3) is 0 Å². The lowest BCUT2D eigenvalue weighted by Gasteiger charge is -2.21. The van der Waals surface area contributed by atoms with Crippen LogP contribution in [-0.2, 0) is 0 Å². The zero-order valence-corrected chi connectivity index (χ0v) is 10.7. The molecule has 0 radical (unpaired) electrons. The number of rotatable bonds is 4. The smallest absolute Gasteiger partial charge is 0.261 e. The molecule has 1 aromatic heterocycles. The third kappa shape index (κ3) is 3.22. The Morgan fingerprint density at radius 3 is 2.76 bits per heavy atom. The molecule has 4 nitrogen and oxygen atoms in total. The maximum absolute atomic E-state index is 5.89. The van der Waals surface area contributed by atoms with Crippen LogP contribution in [-0.4, -0.2) is 23.7 Å². The molecule has 0 aromatic carbocycles. The molecule has 1 aromatic rings. The van der Waals surface area contributed by atoms with E-state index in [9.17, 15) is 0 Å². The summed E-state index contributed by atoms with van der Waals surface area (Å²) in [4.78, 5) is 7.91. The lowest BCUT2D eigenvalue weighted by Crippen LogP contribution is -2.16. The van der Waals surface area contributed by atoms with Crippen molar-refractivity contribution < 1.29 is 9.47 Å². The minimum atomic E-state index is 0.293. The van der Waals surface area contributed by atoms with E-state index in [1.165, 1.54) is 45.5 Å². The summed E-state index contributed by atoms with van der Waals surface area (Å²) in [5.74, 6) is 1.49. The number of hydrogen-bond donors (Lipinski definition) is 0. The normalized spacial score (nSPS) is 16.8. The quantitative estimate of drug-likeness (QED) is 0.777. The molecule has 2 rings (SSSR count). The Labute approximate surface area is 106 Å². The highest BCUT2D eigenvalue weighted by atomic mass is 35.5. The second-order valence-electron chi connectivity index (χ2n) is 4.32. The highest BCUT2D eigenvalue weighted by molar-refractivity contribution is 6.31. The maximum Gasteiger partial charge on any atom is 0.261 e. The summed E-state index contributed by atoms with van der Waals surface area (Å²) >= 11 is 5.89. The molecule has 0 atom stereocenters. The second kappa shape index (κ2) is 6.05. The largest absolute Gasteiger partial charge is 0.489 e. The standard InChI is InChI=1S/C12H17ClN2O2/c1-16-10-11(13)14-8-15-12(10)17-7-9-5-3-2-4-6-9/h8-9H,2-7H2,1H3. The molecule has 1 heterocycles. The Kier molecular flexibility index (Phi) is 4.42. The Hall–Kier alpha value is -1.03. The van der Waals surface area contributed by atoms with Crippen LogP contribution >= 0.6 is 11.6 Å². The van der Waals surface area contributed by atoms with Crippen LogP contribution in [0, 0.1) is 5.92 Å². The van der Waals surface area contributed by atoms with Gasteiger partial charge < -0.3 is 9.47 Å². The van der Waals surface area contributed by atoms with Crippen LogP contribution in [0.5, 0.6) is 11.6 Å². The molecule has 0 bridgehead atoms. The molecular weight excluding hydrogens is 240 g/mol. The van der Waals surface area contributed by atoms with Gasteiger partial charge in [0.25, 0.3) is 5.88 Å². The molecule has 0 aliphatic heterocycles. The van der Waals surface area contributed by atoms with E-state index in [0.29, 0.717) is 29.3 Å². The molecule has 1 fully saturated rings. The van der Waals surface area contributed by atoms with E-state index < -0.39 is 0 Å². The van der Waals surface area contributed by atoms with Crippen LogP contribution in [0.1, 0.15) is 32.1 Å². The molecule has 94 valence electrons. The average molecular weight is 257 g/mol. The number of nitrogens with zero attached hydrogens (tertiary/aromatic N) is 2. The van der Waals surface area contributed by atoms with E-state index in [2.05, 4.69) is 9.97 Å². The van der Waals surface area contributed by atoms with E-state index in [-0.39, 0.29) is 0 Å². The van der Waals surface area contributed by atoms with Gasteiger partial charge in [0.2, 0.25) is 5.75 Å². The van der Waals surface area contributed by atoms with Crippen LogP contribution in [0.2, 0.25) is 5.15 Å². The molecule has 5 heteroatoms. The van der Waals surface area contributed by atoms with Gasteiger partial charge in [-0.15, -0.1) is 0 Å². The fraction of sp³-hybridized carbons (Fsp3) is 0.667. The van der Waals surface area contributed by atoms with Gasteiger partial charge in [-0.05, 0) is 18.8 Å². The fourth-order valence-corrected chi connectivity index (χ4v) is 2.36. The summed E-state index contributed by atoms with van der Waals surface area (Å²) in [6.45, 7) is 0.684. The van der Waals surface area contributed by atoms with Gasteiger partial charge in [-0.1, -0.05) is 30.9 Å². The van der Waals surface area contributed by atoms with Gasteiger partial charge in [0.05, 0.1) is 13.7 Å². The van der Waals surface area contributed by atoms with Crippen molar-refractivity contribution in [2.45, 2.75) is 32.1 Å². The van der Waals surface area contributed by atoms with E-state index in [0.717, 1.165) is 0 Å². The topological polar surface area (TPSA) is 44.2 Å². The molecule has 1 aliphatic rings. The first kappa shape index (κ1) is 12.4. The Bertz CT molecular complexity index is 368. The van der Waals surface area contributed by atoms with Crippen molar-refractivity contribution in [3.8, 4) is 11.6 Å². The highest BCUT2D eigenvalue weighted by Crippen LogP contribution is 2.31. The summed E-state index contributed by atoms with van der Waals surface area (Å²) in [7, 11) is 1.54. The highest BCUT2D eigenvalue weighted by Gasteiger charge is 2.17. The zero-order valence-electron chi connectivity index (χ0n) is 9.99. The van der Waals surface area contributed by atoms with Gasteiger partial charge in [-0.25, -0.2) is 4.98 Å². The molecule has 1 saturated carbocycles. The number of methoxy groups -OCH3 is 1. The molecule has 17 heavy (non-hydrogen) atoms. The number of ether oxygens (including phenoxy) is 2. The first-order valence-electron chi connectivity index (χ1n) is 5.98. The summed E-state index contributed by atoms with van der Waals surface area (Å²) in [6, 6.07) is 0. The first-order chi connectivity index (χ1) is 8.31. The predicted molar refractivity (Wildman–Crippen MR) is 65.7 cm³/mol. The van der Waals surface area contributed by atoms with Gasteiger partial charge in [-0.3, -0.25) is 0 Å². The summed E-state index contributed by atoms with van der Waals surface area (Å²) in [5, 5.41) is 0.293. The van der Waals surface area contributed by atoms with Crippen molar-refractivity contribution in [3.05, 3.63) is 11.5 Å². The van der Waals surface area contributed by atoms with Gasteiger partial charge in [0.1, 0.15) is 6.33 Å². The molecule has 0 saturated heterocycles. The van der Waals surface area contributed by atoms with E-state index >= 15 is 0 Å². The van der Waals surface area contributed by atoms with Crippen molar-refractivity contribution in [2.24, 2.45) is 5.92 Å². The van der Waals surface area contributed by atoms with Crippen molar-refractivity contribution in [2.75, 3.05) is 13.7 Å². The van der Waals surface area contributed by atoms with Crippen molar-refractivity contribution >= 4 is 11.6 Å².